The maximum Gasteiger partial charge on any atom is 0.189 e. The minimum absolute atomic E-state index is 0.0768. The van der Waals surface area contributed by atoms with Gasteiger partial charge in [0.15, 0.2) is 17.1 Å². The molecule has 0 bridgehead atoms. The molecule has 4 heteroatoms. The minimum atomic E-state index is -0.994. The molecule has 16 heavy (non-hydrogen) atoms. The number of aromatic nitrogens is 1. The zero-order chi connectivity index (χ0) is 11.9. The normalized spacial score (nSPS) is 11.3. The van der Waals surface area contributed by atoms with E-state index in [2.05, 4.69) is 0 Å². The molecule has 0 spiro atoms. The molecule has 0 aliphatic heterocycles. The van der Waals surface area contributed by atoms with E-state index in [1.54, 1.807) is 10.8 Å². The van der Waals surface area contributed by atoms with Crippen LogP contribution in [0.25, 0.3) is 10.9 Å². The molecule has 0 unspecified atom stereocenters. The maximum atomic E-state index is 13.1. The van der Waals surface area contributed by atoms with Crippen LogP contribution in [0.15, 0.2) is 29.2 Å². The Hall–Kier alpha value is -1.71. The van der Waals surface area contributed by atoms with Gasteiger partial charge in [0.25, 0.3) is 0 Å². The number of halogens is 2. The molecule has 0 amide bonds. The third kappa shape index (κ3) is 1.60. The van der Waals surface area contributed by atoms with Gasteiger partial charge in [0.1, 0.15) is 0 Å². The lowest BCUT2D eigenvalue weighted by atomic mass is 10.2. The van der Waals surface area contributed by atoms with Gasteiger partial charge in [-0.1, -0.05) is 0 Å². The molecule has 0 saturated heterocycles. The van der Waals surface area contributed by atoms with Gasteiger partial charge in [-0.3, -0.25) is 4.79 Å². The molecule has 0 N–H and O–H groups in total. The van der Waals surface area contributed by atoms with Crippen LogP contribution in [-0.2, 0) is 0 Å². The van der Waals surface area contributed by atoms with E-state index in [1.165, 1.54) is 6.07 Å². The first-order valence-corrected chi connectivity index (χ1v) is 5.00. The van der Waals surface area contributed by atoms with Crippen LogP contribution in [0.1, 0.15) is 19.9 Å². The lowest BCUT2D eigenvalue weighted by molar-refractivity contribution is 0.509. The highest BCUT2D eigenvalue weighted by molar-refractivity contribution is 5.79. The van der Waals surface area contributed by atoms with Crippen molar-refractivity contribution < 1.29 is 8.78 Å². The van der Waals surface area contributed by atoms with Gasteiger partial charge in [-0.05, 0) is 19.9 Å². The van der Waals surface area contributed by atoms with E-state index < -0.39 is 11.6 Å². The fourth-order valence-corrected chi connectivity index (χ4v) is 1.72. The van der Waals surface area contributed by atoms with E-state index in [-0.39, 0.29) is 16.9 Å². The van der Waals surface area contributed by atoms with Crippen molar-refractivity contribution in [1.82, 2.24) is 4.57 Å². The summed E-state index contributed by atoms with van der Waals surface area (Å²) in [6.07, 6.45) is 1.59. The summed E-state index contributed by atoms with van der Waals surface area (Å²) in [5, 5.41) is 0.204. The number of hydrogen-bond donors (Lipinski definition) is 0. The molecule has 0 atom stereocenters. The molecule has 1 aromatic heterocycles. The Bertz CT molecular complexity index is 602. The highest BCUT2D eigenvalue weighted by Crippen LogP contribution is 2.18. The van der Waals surface area contributed by atoms with E-state index >= 15 is 0 Å². The number of hydrogen-bond acceptors (Lipinski definition) is 1. The van der Waals surface area contributed by atoms with E-state index in [0.717, 1.165) is 12.1 Å². The predicted molar refractivity (Wildman–Crippen MR) is 58.5 cm³/mol. The molecule has 2 rings (SSSR count). The molecule has 84 valence electrons. The molecule has 0 fully saturated rings. The van der Waals surface area contributed by atoms with E-state index in [4.69, 9.17) is 0 Å². The molecule has 0 aliphatic carbocycles. The molecule has 0 saturated carbocycles. The van der Waals surface area contributed by atoms with Crippen molar-refractivity contribution in [3.8, 4) is 0 Å². The van der Waals surface area contributed by atoms with Crippen LogP contribution < -0.4 is 5.43 Å². The summed E-state index contributed by atoms with van der Waals surface area (Å²) >= 11 is 0. The van der Waals surface area contributed by atoms with Crippen LogP contribution in [0.4, 0.5) is 8.78 Å². The van der Waals surface area contributed by atoms with Gasteiger partial charge in [-0.25, -0.2) is 8.78 Å². The maximum absolute atomic E-state index is 13.1. The number of rotatable bonds is 1. The Morgan fingerprint density at radius 2 is 1.81 bits per heavy atom. The average Bonchev–Trinajstić information content (AvgIpc) is 2.21. The fourth-order valence-electron chi connectivity index (χ4n) is 1.72. The molecule has 0 aliphatic rings. The first-order chi connectivity index (χ1) is 7.50. The van der Waals surface area contributed by atoms with Crippen LogP contribution in [0.2, 0.25) is 0 Å². The summed E-state index contributed by atoms with van der Waals surface area (Å²) < 4.78 is 27.9. The second-order valence-corrected chi connectivity index (χ2v) is 3.96. The topological polar surface area (TPSA) is 22.0 Å². The molecule has 1 aromatic carbocycles. The highest BCUT2D eigenvalue weighted by Gasteiger charge is 2.10. The average molecular weight is 223 g/mol. The quantitative estimate of drug-likeness (QED) is 0.728. The Labute approximate surface area is 91.1 Å². The fraction of sp³-hybridized carbons (Fsp3) is 0.250. The van der Waals surface area contributed by atoms with Gasteiger partial charge in [0.05, 0.1) is 5.52 Å². The van der Waals surface area contributed by atoms with Crippen LogP contribution >= 0.6 is 0 Å². The van der Waals surface area contributed by atoms with Crippen LogP contribution in [0.5, 0.6) is 0 Å². The molecule has 0 radical (unpaired) electrons. The predicted octanol–water partition coefficient (Wildman–Crippen LogP) is 2.86. The van der Waals surface area contributed by atoms with Crippen molar-refractivity contribution in [2.75, 3.05) is 0 Å². The van der Waals surface area contributed by atoms with E-state index in [0.29, 0.717) is 5.52 Å². The lowest BCUT2D eigenvalue weighted by Gasteiger charge is -2.14. The van der Waals surface area contributed by atoms with Crippen LogP contribution in [0.3, 0.4) is 0 Å². The third-order valence-corrected chi connectivity index (χ3v) is 2.53. The zero-order valence-electron chi connectivity index (χ0n) is 9.00. The van der Waals surface area contributed by atoms with Crippen LogP contribution in [0, 0.1) is 11.6 Å². The Morgan fingerprint density at radius 1 is 1.19 bits per heavy atom. The van der Waals surface area contributed by atoms with Crippen LogP contribution in [-0.4, -0.2) is 4.57 Å². The monoisotopic (exact) mass is 223 g/mol. The van der Waals surface area contributed by atoms with Gasteiger partial charge < -0.3 is 4.57 Å². The summed E-state index contributed by atoms with van der Waals surface area (Å²) in [4.78, 5) is 11.5. The Morgan fingerprint density at radius 3 is 2.44 bits per heavy atom. The summed E-state index contributed by atoms with van der Waals surface area (Å²) in [5.41, 5.74) is 0.118. The number of pyridine rings is 1. The van der Waals surface area contributed by atoms with Gasteiger partial charge in [0.2, 0.25) is 0 Å². The van der Waals surface area contributed by atoms with Crippen molar-refractivity contribution in [3.05, 3.63) is 46.3 Å². The molecular formula is C12H11F2NO. The summed E-state index contributed by atoms with van der Waals surface area (Å²) in [6.45, 7) is 3.82. The van der Waals surface area contributed by atoms with E-state index in [9.17, 15) is 13.6 Å². The van der Waals surface area contributed by atoms with Gasteiger partial charge >= 0.3 is 0 Å². The van der Waals surface area contributed by atoms with E-state index in [1.807, 2.05) is 13.8 Å². The summed E-state index contributed by atoms with van der Waals surface area (Å²) in [6, 6.07) is 3.45. The Balaban J connectivity index is 2.93. The smallest absolute Gasteiger partial charge is 0.189 e. The van der Waals surface area contributed by atoms with Crippen molar-refractivity contribution in [2.45, 2.75) is 19.9 Å². The number of benzene rings is 1. The van der Waals surface area contributed by atoms with Crippen molar-refractivity contribution in [2.24, 2.45) is 0 Å². The Kier molecular flexibility index (Phi) is 2.50. The summed E-state index contributed by atoms with van der Waals surface area (Å²) in [7, 11) is 0. The number of fused-ring (bicyclic) bond motifs is 1. The van der Waals surface area contributed by atoms with Crippen molar-refractivity contribution in [1.29, 1.82) is 0 Å². The van der Waals surface area contributed by atoms with Gasteiger partial charge in [-0.15, -0.1) is 0 Å². The van der Waals surface area contributed by atoms with Crippen molar-refractivity contribution in [3.63, 3.8) is 0 Å². The van der Waals surface area contributed by atoms with Gasteiger partial charge in [-0.2, -0.15) is 0 Å². The molecule has 2 nitrogen and oxygen atoms in total. The lowest BCUT2D eigenvalue weighted by Crippen LogP contribution is -2.10. The third-order valence-electron chi connectivity index (χ3n) is 2.53. The standard InChI is InChI=1S/C12H11F2NO/c1-7(2)15-4-3-12(16)8-5-9(13)10(14)6-11(8)15/h3-7H,1-2H3. The SMILES string of the molecule is CC(C)n1ccc(=O)c2cc(F)c(F)cc21. The second kappa shape index (κ2) is 3.70. The highest BCUT2D eigenvalue weighted by atomic mass is 19.2. The summed E-state index contributed by atoms with van der Waals surface area (Å²) in [5.74, 6) is -1.93. The molecule has 2 aromatic rings. The second-order valence-electron chi connectivity index (χ2n) is 3.96. The van der Waals surface area contributed by atoms with Crippen molar-refractivity contribution >= 4 is 10.9 Å². The van der Waals surface area contributed by atoms with Gasteiger partial charge in [0, 0.05) is 29.8 Å². The largest absolute Gasteiger partial charge is 0.345 e. The minimum Gasteiger partial charge on any atom is -0.345 e. The zero-order valence-corrected chi connectivity index (χ0v) is 9.00. The first kappa shape index (κ1) is 10.8. The molecule has 1 heterocycles. The first-order valence-electron chi connectivity index (χ1n) is 5.00. The number of nitrogens with zero attached hydrogens (tertiary/aromatic N) is 1. The molecular weight excluding hydrogens is 212 g/mol.